The van der Waals surface area contributed by atoms with Crippen LogP contribution in [-0.2, 0) is 7.05 Å². The van der Waals surface area contributed by atoms with Gasteiger partial charge in [0.2, 0.25) is 0 Å². The van der Waals surface area contributed by atoms with Crippen molar-refractivity contribution in [3.63, 3.8) is 0 Å². The number of rotatable bonds is 5. The van der Waals surface area contributed by atoms with Gasteiger partial charge in [0, 0.05) is 13.2 Å². The lowest BCUT2D eigenvalue weighted by atomic mass is 9.92. The summed E-state index contributed by atoms with van der Waals surface area (Å²) in [5.74, 6) is 0.712. The maximum absolute atomic E-state index is 4.40. The fraction of sp³-hybridized carbons (Fsp3) is 0.750. The van der Waals surface area contributed by atoms with Gasteiger partial charge in [-0.05, 0) is 31.2 Å². The molecule has 80 valence electrons. The highest BCUT2D eigenvalue weighted by atomic mass is 15.2. The van der Waals surface area contributed by atoms with Crippen LogP contribution in [0.3, 0.4) is 0 Å². The van der Waals surface area contributed by atoms with Crippen molar-refractivity contribution in [3.8, 4) is 0 Å². The van der Waals surface area contributed by atoms with Gasteiger partial charge < -0.3 is 0 Å². The number of aromatic nitrogens is 2. The minimum Gasteiger partial charge on any atom is -0.275 e. The summed E-state index contributed by atoms with van der Waals surface area (Å²) in [4.78, 5) is 0. The van der Waals surface area contributed by atoms with E-state index < -0.39 is 0 Å². The summed E-state index contributed by atoms with van der Waals surface area (Å²) < 4.78 is 1.93. The van der Waals surface area contributed by atoms with Crippen molar-refractivity contribution >= 4 is 0 Å². The molecule has 0 aromatic carbocycles. The third-order valence-corrected chi connectivity index (χ3v) is 2.89. The zero-order valence-corrected chi connectivity index (χ0v) is 9.88. The molecule has 0 fully saturated rings. The molecule has 14 heavy (non-hydrogen) atoms. The molecule has 1 aromatic rings. The van der Waals surface area contributed by atoms with Crippen molar-refractivity contribution in [2.75, 3.05) is 0 Å². The van der Waals surface area contributed by atoms with Gasteiger partial charge in [0.05, 0.1) is 5.69 Å². The van der Waals surface area contributed by atoms with Gasteiger partial charge in [0.1, 0.15) is 0 Å². The molecular weight excluding hydrogens is 172 g/mol. The van der Waals surface area contributed by atoms with E-state index in [0.29, 0.717) is 5.92 Å². The van der Waals surface area contributed by atoms with Crippen LogP contribution < -0.4 is 0 Å². The first-order valence-electron chi connectivity index (χ1n) is 5.69. The van der Waals surface area contributed by atoms with Crippen LogP contribution in [0.25, 0.3) is 0 Å². The molecule has 0 bridgehead atoms. The molecule has 1 unspecified atom stereocenters. The predicted molar refractivity (Wildman–Crippen MR) is 60.5 cm³/mol. The first-order valence-corrected chi connectivity index (χ1v) is 5.69. The topological polar surface area (TPSA) is 17.8 Å². The molecule has 0 N–H and O–H groups in total. The van der Waals surface area contributed by atoms with Crippen LogP contribution in [0, 0.1) is 6.92 Å². The summed E-state index contributed by atoms with van der Waals surface area (Å²) in [6.45, 7) is 6.64. The number of unbranched alkanes of at least 4 members (excludes halogenated alkanes) is 1. The van der Waals surface area contributed by atoms with Gasteiger partial charge in [-0.25, -0.2) is 0 Å². The van der Waals surface area contributed by atoms with Crippen molar-refractivity contribution in [1.82, 2.24) is 9.78 Å². The second-order valence-corrected chi connectivity index (χ2v) is 4.09. The zero-order valence-electron chi connectivity index (χ0n) is 9.88. The summed E-state index contributed by atoms with van der Waals surface area (Å²) in [5.41, 5.74) is 2.65. The van der Waals surface area contributed by atoms with E-state index in [2.05, 4.69) is 32.1 Å². The van der Waals surface area contributed by atoms with Crippen LogP contribution in [-0.4, -0.2) is 9.78 Å². The average Bonchev–Trinajstić information content (AvgIpc) is 2.47. The highest BCUT2D eigenvalue weighted by molar-refractivity contribution is 5.20. The third-order valence-electron chi connectivity index (χ3n) is 2.89. The van der Waals surface area contributed by atoms with Gasteiger partial charge >= 0.3 is 0 Å². The summed E-state index contributed by atoms with van der Waals surface area (Å²) in [6.07, 6.45) is 7.33. The maximum Gasteiger partial charge on any atom is 0.0628 e. The molecular formula is C12H22N2. The van der Waals surface area contributed by atoms with E-state index in [4.69, 9.17) is 0 Å². The molecule has 2 nitrogen and oxygen atoms in total. The molecule has 0 aliphatic rings. The first kappa shape index (κ1) is 11.3. The Kier molecular flexibility index (Phi) is 4.18. The molecule has 0 aliphatic carbocycles. The standard InChI is InChI=1S/C12H22N2/c1-5-7-8-11(6-2)12-9-14(4)13-10(12)3/h9,11H,5-8H2,1-4H3. The van der Waals surface area contributed by atoms with E-state index in [1.54, 1.807) is 0 Å². The second-order valence-electron chi connectivity index (χ2n) is 4.09. The van der Waals surface area contributed by atoms with Gasteiger partial charge in [-0.2, -0.15) is 5.10 Å². The molecule has 1 rings (SSSR count). The highest BCUT2D eigenvalue weighted by Crippen LogP contribution is 2.27. The average molecular weight is 194 g/mol. The zero-order chi connectivity index (χ0) is 10.6. The van der Waals surface area contributed by atoms with Gasteiger partial charge in [-0.1, -0.05) is 26.7 Å². The fourth-order valence-electron chi connectivity index (χ4n) is 2.05. The van der Waals surface area contributed by atoms with Crippen LogP contribution in [0.2, 0.25) is 0 Å². The van der Waals surface area contributed by atoms with Gasteiger partial charge in [0.25, 0.3) is 0 Å². The molecule has 1 heterocycles. The van der Waals surface area contributed by atoms with Gasteiger partial charge in [-0.15, -0.1) is 0 Å². The lowest BCUT2D eigenvalue weighted by Gasteiger charge is -2.12. The first-order chi connectivity index (χ1) is 6.69. The molecule has 0 radical (unpaired) electrons. The molecule has 0 saturated carbocycles. The van der Waals surface area contributed by atoms with E-state index in [1.807, 2.05) is 11.7 Å². The lowest BCUT2D eigenvalue weighted by molar-refractivity contribution is 0.567. The Balaban J connectivity index is 2.72. The van der Waals surface area contributed by atoms with E-state index in [-0.39, 0.29) is 0 Å². The number of hydrogen-bond acceptors (Lipinski definition) is 1. The predicted octanol–water partition coefficient (Wildman–Crippen LogP) is 3.41. The lowest BCUT2D eigenvalue weighted by Crippen LogP contribution is -1.97. The highest BCUT2D eigenvalue weighted by Gasteiger charge is 2.13. The summed E-state index contributed by atoms with van der Waals surface area (Å²) >= 11 is 0. The van der Waals surface area contributed by atoms with Crippen LogP contribution in [0.5, 0.6) is 0 Å². The number of aryl methyl sites for hydroxylation is 2. The van der Waals surface area contributed by atoms with E-state index in [9.17, 15) is 0 Å². The molecule has 0 spiro atoms. The molecule has 2 heteroatoms. The molecule has 0 amide bonds. The molecule has 1 atom stereocenters. The monoisotopic (exact) mass is 194 g/mol. The van der Waals surface area contributed by atoms with Crippen molar-refractivity contribution in [2.24, 2.45) is 7.05 Å². The molecule has 0 saturated heterocycles. The summed E-state index contributed by atoms with van der Waals surface area (Å²) in [5, 5.41) is 4.40. The number of nitrogens with zero attached hydrogens (tertiary/aromatic N) is 2. The number of hydrogen-bond donors (Lipinski definition) is 0. The van der Waals surface area contributed by atoms with Crippen molar-refractivity contribution in [3.05, 3.63) is 17.5 Å². The van der Waals surface area contributed by atoms with Crippen LogP contribution in [0.15, 0.2) is 6.20 Å². The summed E-state index contributed by atoms with van der Waals surface area (Å²) in [6, 6.07) is 0. The Morgan fingerprint density at radius 2 is 2.14 bits per heavy atom. The third kappa shape index (κ3) is 2.60. The SMILES string of the molecule is CCCCC(CC)c1cn(C)nc1C. The molecule has 1 aromatic heterocycles. The Morgan fingerprint density at radius 3 is 2.57 bits per heavy atom. The van der Waals surface area contributed by atoms with E-state index in [1.165, 1.54) is 36.9 Å². The maximum atomic E-state index is 4.40. The van der Waals surface area contributed by atoms with E-state index in [0.717, 1.165) is 0 Å². The van der Waals surface area contributed by atoms with Crippen molar-refractivity contribution in [2.45, 2.75) is 52.4 Å². The van der Waals surface area contributed by atoms with Crippen LogP contribution >= 0.6 is 0 Å². The van der Waals surface area contributed by atoms with Gasteiger partial charge in [0.15, 0.2) is 0 Å². The summed E-state index contributed by atoms with van der Waals surface area (Å²) in [7, 11) is 2.00. The van der Waals surface area contributed by atoms with Crippen molar-refractivity contribution < 1.29 is 0 Å². The minimum absolute atomic E-state index is 0.712. The van der Waals surface area contributed by atoms with Crippen LogP contribution in [0.4, 0.5) is 0 Å². The van der Waals surface area contributed by atoms with Gasteiger partial charge in [-0.3, -0.25) is 4.68 Å². The second kappa shape index (κ2) is 5.18. The quantitative estimate of drug-likeness (QED) is 0.702. The fourth-order valence-corrected chi connectivity index (χ4v) is 2.05. The Bertz CT molecular complexity index is 276. The smallest absolute Gasteiger partial charge is 0.0628 e. The molecule has 0 aliphatic heterocycles. The normalized spacial score (nSPS) is 13.1. The largest absolute Gasteiger partial charge is 0.275 e. The Hall–Kier alpha value is -0.790. The van der Waals surface area contributed by atoms with E-state index >= 15 is 0 Å². The van der Waals surface area contributed by atoms with Crippen molar-refractivity contribution in [1.29, 1.82) is 0 Å². The van der Waals surface area contributed by atoms with Crippen LogP contribution in [0.1, 0.15) is 56.7 Å². The Morgan fingerprint density at radius 1 is 1.43 bits per heavy atom. The Labute approximate surface area is 87.3 Å². The minimum atomic E-state index is 0.712.